The molecule has 0 aliphatic carbocycles. The van der Waals surface area contributed by atoms with Crippen LogP contribution >= 0.6 is 0 Å². The summed E-state index contributed by atoms with van der Waals surface area (Å²) in [4.78, 5) is 22.2. The molecule has 0 aromatic heterocycles. The fourth-order valence-corrected chi connectivity index (χ4v) is 1.38. The van der Waals surface area contributed by atoms with Crippen molar-refractivity contribution in [2.75, 3.05) is 6.61 Å². The minimum Gasteiger partial charge on any atom is -0.485 e. The molecular formula is C11H12N2O4. The normalized spacial score (nSPS) is 17.1. The van der Waals surface area contributed by atoms with Crippen molar-refractivity contribution in [3.63, 3.8) is 0 Å². The lowest BCUT2D eigenvalue weighted by molar-refractivity contribution is -0.134. The Morgan fingerprint density at radius 2 is 1.94 bits per heavy atom. The van der Waals surface area contributed by atoms with Crippen molar-refractivity contribution < 1.29 is 19.1 Å². The monoisotopic (exact) mass is 236 g/mol. The standard InChI is InChI=1S/C11H12N2O4/c1-7(14)12-13-11(15)10-6-16-8-4-2-3-5-9(8)17-10/h2-5,10H,6H2,1H3,(H,12,14)(H,13,15). The molecule has 1 unspecified atom stereocenters. The highest BCUT2D eigenvalue weighted by molar-refractivity contribution is 5.84. The summed E-state index contributed by atoms with van der Waals surface area (Å²) in [5.41, 5.74) is 4.43. The Bertz CT molecular complexity index is 447. The largest absolute Gasteiger partial charge is 0.485 e. The summed E-state index contributed by atoms with van der Waals surface area (Å²) >= 11 is 0. The summed E-state index contributed by atoms with van der Waals surface area (Å²) in [6.45, 7) is 1.41. The molecule has 90 valence electrons. The molecule has 0 fully saturated rings. The molecule has 17 heavy (non-hydrogen) atoms. The van der Waals surface area contributed by atoms with Crippen molar-refractivity contribution in [1.82, 2.24) is 10.9 Å². The van der Waals surface area contributed by atoms with Crippen LogP contribution in [0.5, 0.6) is 11.5 Å². The van der Waals surface area contributed by atoms with Crippen molar-refractivity contribution in [1.29, 1.82) is 0 Å². The Kier molecular flexibility index (Phi) is 3.13. The zero-order valence-electron chi connectivity index (χ0n) is 9.23. The molecule has 1 aromatic carbocycles. The molecule has 1 aliphatic rings. The van der Waals surface area contributed by atoms with Gasteiger partial charge in [0.2, 0.25) is 12.0 Å². The smallest absolute Gasteiger partial charge is 0.283 e. The number of benzene rings is 1. The predicted octanol–water partition coefficient (Wildman–Crippen LogP) is -0.00630. The van der Waals surface area contributed by atoms with E-state index in [0.29, 0.717) is 11.5 Å². The second-order valence-electron chi connectivity index (χ2n) is 3.53. The maximum Gasteiger partial charge on any atom is 0.283 e. The second-order valence-corrected chi connectivity index (χ2v) is 3.53. The SMILES string of the molecule is CC(=O)NNC(=O)C1COc2ccccc2O1. The highest BCUT2D eigenvalue weighted by Crippen LogP contribution is 2.30. The average Bonchev–Trinajstić information content (AvgIpc) is 2.35. The third-order valence-electron chi connectivity index (χ3n) is 2.16. The van der Waals surface area contributed by atoms with Gasteiger partial charge in [-0.25, -0.2) is 0 Å². The van der Waals surface area contributed by atoms with Gasteiger partial charge in [0.1, 0.15) is 6.61 Å². The van der Waals surface area contributed by atoms with Crippen LogP contribution in [-0.2, 0) is 9.59 Å². The fourth-order valence-electron chi connectivity index (χ4n) is 1.38. The quantitative estimate of drug-likeness (QED) is 0.672. The first-order chi connectivity index (χ1) is 8.16. The summed E-state index contributed by atoms with van der Waals surface area (Å²) in [6, 6.07) is 7.08. The molecule has 0 saturated heterocycles. The third-order valence-corrected chi connectivity index (χ3v) is 2.16. The first-order valence-electron chi connectivity index (χ1n) is 5.12. The molecule has 2 N–H and O–H groups in total. The Morgan fingerprint density at radius 1 is 1.24 bits per heavy atom. The van der Waals surface area contributed by atoms with E-state index in [2.05, 4.69) is 10.9 Å². The topological polar surface area (TPSA) is 76.7 Å². The molecule has 1 aliphatic heterocycles. The van der Waals surface area contributed by atoms with Gasteiger partial charge >= 0.3 is 0 Å². The van der Waals surface area contributed by atoms with Crippen LogP contribution in [0.4, 0.5) is 0 Å². The first-order valence-corrected chi connectivity index (χ1v) is 5.12. The van der Waals surface area contributed by atoms with E-state index in [1.165, 1.54) is 6.92 Å². The van der Waals surface area contributed by atoms with E-state index in [-0.39, 0.29) is 12.5 Å². The zero-order chi connectivity index (χ0) is 12.3. The van der Waals surface area contributed by atoms with E-state index in [0.717, 1.165) is 0 Å². The first kappa shape index (κ1) is 11.3. The number of hydrogen-bond acceptors (Lipinski definition) is 4. The van der Waals surface area contributed by atoms with E-state index < -0.39 is 12.0 Å². The zero-order valence-corrected chi connectivity index (χ0v) is 9.23. The van der Waals surface area contributed by atoms with E-state index in [1.807, 2.05) is 6.07 Å². The van der Waals surface area contributed by atoms with Crippen LogP contribution in [0.3, 0.4) is 0 Å². The number of rotatable bonds is 1. The predicted molar refractivity (Wildman–Crippen MR) is 58.3 cm³/mol. The van der Waals surface area contributed by atoms with Crippen molar-refractivity contribution in [3.05, 3.63) is 24.3 Å². The molecule has 0 saturated carbocycles. The van der Waals surface area contributed by atoms with Crippen molar-refractivity contribution >= 4 is 11.8 Å². The van der Waals surface area contributed by atoms with Crippen LogP contribution in [0.2, 0.25) is 0 Å². The number of amides is 2. The number of hydrogen-bond donors (Lipinski definition) is 2. The molecule has 1 atom stereocenters. The fraction of sp³-hybridized carbons (Fsp3) is 0.273. The number of fused-ring (bicyclic) bond motifs is 1. The van der Waals surface area contributed by atoms with Crippen LogP contribution in [0, 0.1) is 0 Å². The molecular weight excluding hydrogens is 224 g/mol. The summed E-state index contributed by atoms with van der Waals surface area (Å²) < 4.78 is 10.8. The Labute approximate surface area is 97.9 Å². The van der Waals surface area contributed by atoms with Crippen LogP contribution in [0.25, 0.3) is 0 Å². The lowest BCUT2D eigenvalue weighted by atomic mass is 10.2. The number of hydrazine groups is 1. The van der Waals surface area contributed by atoms with Gasteiger partial charge in [0.15, 0.2) is 11.5 Å². The summed E-state index contributed by atoms with van der Waals surface area (Å²) in [7, 11) is 0. The van der Waals surface area contributed by atoms with E-state index in [4.69, 9.17) is 9.47 Å². The molecule has 0 bridgehead atoms. The molecule has 0 spiro atoms. The van der Waals surface area contributed by atoms with E-state index in [1.54, 1.807) is 18.2 Å². The molecule has 2 rings (SSSR count). The lowest BCUT2D eigenvalue weighted by Crippen LogP contribution is -2.50. The van der Waals surface area contributed by atoms with Gasteiger partial charge in [-0.15, -0.1) is 0 Å². The molecule has 0 radical (unpaired) electrons. The molecule has 1 aromatic rings. The lowest BCUT2D eigenvalue weighted by Gasteiger charge is -2.25. The van der Waals surface area contributed by atoms with Gasteiger partial charge in [-0.2, -0.15) is 0 Å². The maximum atomic E-state index is 11.6. The van der Waals surface area contributed by atoms with E-state index in [9.17, 15) is 9.59 Å². The summed E-state index contributed by atoms with van der Waals surface area (Å²) in [5, 5.41) is 0. The second kappa shape index (κ2) is 4.73. The van der Waals surface area contributed by atoms with Crippen molar-refractivity contribution in [2.24, 2.45) is 0 Å². The highest BCUT2D eigenvalue weighted by atomic mass is 16.6. The Balaban J connectivity index is 1.97. The molecule has 6 heteroatoms. The van der Waals surface area contributed by atoms with Gasteiger partial charge in [0.05, 0.1) is 0 Å². The van der Waals surface area contributed by atoms with Crippen molar-refractivity contribution in [2.45, 2.75) is 13.0 Å². The van der Waals surface area contributed by atoms with Crippen LogP contribution in [-0.4, -0.2) is 24.5 Å². The molecule has 6 nitrogen and oxygen atoms in total. The summed E-state index contributed by atoms with van der Waals surface area (Å²) in [5.74, 6) is 0.322. The van der Waals surface area contributed by atoms with Gasteiger partial charge in [0, 0.05) is 6.92 Å². The van der Waals surface area contributed by atoms with Gasteiger partial charge < -0.3 is 9.47 Å². The number of nitrogens with one attached hydrogen (secondary N) is 2. The number of carbonyl (C=O) groups is 2. The number of carbonyl (C=O) groups excluding carboxylic acids is 2. The molecule has 1 heterocycles. The van der Waals surface area contributed by atoms with Gasteiger partial charge in [-0.1, -0.05) is 12.1 Å². The van der Waals surface area contributed by atoms with Gasteiger partial charge in [-0.3, -0.25) is 20.4 Å². The summed E-state index contributed by atoms with van der Waals surface area (Å²) in [6.07, 6.45) is -0.767. The molecule has 2 amide bonds. The van der Waals surface area contributed by atoms with Crippen LogP contribution in [0.1, 0.15) is 6.92 Å². The Morgan fingerprint density at radius 3 is 2.65 bits per heavy atom. The average molecular weight is 236 g/mol. The third kappa shape index (κ3) is 2.66. The maximum absolute atomic E-state index is 11.6. The highest BCUT2D eigenvalue weighted by Gasteiger charge is 2.27. The minimum atomic E-state index is -0.767. The van der Waals surface area contributed by atoms with Crippen LogP contribution < -0.4 is 20.3 Å². The number of para-hydroxylation sites is 2. The van der Waals surface area contributed by atoms with Crippen molar-refractivity contribution in [3.8, 4) is 11.5 Å². The van der Waals surface area contributed by atoms with Gasteiger partial charge in [-0.05, 0) is 12.1 Å². The minimum absolute atomic E-state index is 0.114. The van der Waals surface area contributed by atoms with Crippen LogP contribution in [0.15, 0.2) is 24.3 Å². The van der Waals surface area contributed by atoms with E-state index >= 15 is 0 Å². The van der Waals surface area contributed by atoms with Gasteiger partial charge in [0.25, 0.3) is 5.91 Å². The Hall–Kier alpha value is -2.24. The number of ether oxygens (including phenoxy) is 2.